The zero-order valence-electron chi connectivity index (χ0n) is 8.94. The van der Waals surface area contributed by atoms with Gasteiger partial charge in [0, 0.05) is 0 Å². The van der Waals surface area contributed by atoms with E-state index in [0.717, 1.165) is 13.2 Å². The van der Waals surface area contributed by atoms with Crippen molar-refractivity contribution in [1.82, 2.24) is 0 Å². The van der Waals surface area contributed by atoms with Crippen LogP contribution in [0.1, 0.15) is 5.56 Å². The SMILES string of the molecule is COC(=O)C(Cc1cccc(F)c1Cl)C(=O)O. The molecule has 0 heterocycles. The van der Waals surface area contributed by atoms with Crippen LogP contribution in [0.25, 0.3) is 0 Å². The van der Waals surface area contributed by atoms with Crippen molar-refractivity contribution >= 4 is 23.5 Å². The van der Waals surface area contributed by atoms with Gasteiger partial charge in [0.05, 0.1) is 12.1 Å². The lowest BCUT2D eigenvalue weighted by atomic mass is 9.99. The number of ether oxygens (including phenoxy) is 1. The number of rotatable bonds is 4. The molecule has 1 unspecified atom stereocenters. The second kappa shape index (κ2) is 5.63. The van der Waals surface area contributed by atoms with Crippen molar-refractivity contribution < 1.29 is 23.8 Å². The van der Waals surface area contributed by atoms with Crippen LogP contribution in [-0.4, -0.2) is 24.2 Å². The first-order chi connectivity index (χ1) is 7.97. The van der Waals surface area contributed by atoms with Gasteiger partial charge in [-0.25, -0.2) is 4.39 Å². The summed E-state index contributed by atoms with van der Waals surface area (Å²) in [5.74, 6) is -4.27. The minimum absolute atomic E-state index is 0.178. The van der Waals surface area contributed by atoms with E-state index >= 15 is 0 Å². The van der Waals surface area contributed by atoms with E-state index in [0.29, 0.717) is 0 Å². The lowest BCUT2D eigenvalue weighted by Crippen LogP contribution is -2.27. The molecule has 0 aliphatic heterocycles. The first-order valence-electron chi connectivity index (χ1n) is 4.71. The van der Waals surface area contributed by atoms with Crippen molar-refractivity contribution in [2.24, 2.45) is 5.92 Å². The molecule has 1 aromatic rings. The Balaban J connectivity index is 2.98. The molecule has 0 bridgehead atoms. The number of benzene rings is 1. The third kappa shape index (κ3) is 3.17. The number of carboxylic acids is 1. The van der Waals surface area contributed by atoms with E-state index in [1.165, 1.54) is 12.1 Å². The van der Waals surface area contributed by atoms with Gasteiger partial charge in [0.1, 0.15) is 5.82 Å². The summed E-state index contributed by atoms with van der Waals surface area (Å²) in [4.78, 5) is 22.1. The number of hydrogen-bond donors (Lipinski definition) is 1. The van der Waals surface area contributed by atoms with E-state index < -0.39 is 23.7 Å². The minimum atomic E-state index is -1.39. The molecule has 0 aliphatic rings. The number of carboxylic acid groups (broad SMARTS) is 1. The molecule has 0 radical (unpaired) electrons. The maximum Gasteiger partial charge on any atom is 0.320 e. The van der Waals surface area contributed by atoms with Crippen molar-refractivity contribution in [2.75, 3.05) is 7.11 Å². The van der Waals surface area contributed by atoms with E-state index in [4.69, 9.17) is 16.7 Å². The van der Waals surface area contributed by atoms with Crippen molar-refractivity contribution in [3.05, 3.63) is 34.6 Å². The predicted molar refractivity (Wildman–Crippen MR) is 58.3 cm³/mol. The fourth-order valence-corrected chi connectivity index (χ4v) is 1.54. The van der Waals surface area contributed by atoms with Crippen LogP contribution < -0.4 is 0 Å². The lowest BCUT2D eigenvalue weighted by molar-refractivity contribution is -0.156. The molecule has 1 aromatic carbocycles. The zero-order chi connectivity index (χ0) is 13.0. The van der Waals surface area contributed by atoms with Gasteiger partial charge in [-0.05, 0) is 18.1 Å². The molecular formula is C11H10ClFO4. The highest BCUT2D eigenvalue weighted by Crippen LogP contribution is 2.23. The molecule has 0 aliphatic carbocycles. The maximum absolute atomic E-state index is 13.1. The summed E-state index contributed by atoms with van der Waals surface area (Å²) in [5, 5.41) is 8.68. The zero-order valence-corrected chi connectivity index (χ0v) is 9.70. The van der Waals surface area contributed by atoms with Crippen LogP contribution in [0.2, 0.25) is 5.02 Å². The van der Waals surface area contributed by atoms with Crippen LogP contribution in [0.4, 0.5) is 4.39 Å². The summed E-state index contributed by atoms with van der Waals surface area (Å²) in [6.45, 7) is 0. The number of carbonyl (C=O) groups excluding carboxylic acids is 1. The molecule has 4 nitrogen and oxygen atoms in total. The van der Waals surface area contributed by atoms with Gasteiger partial charge in [-0.15, -0.1) is 0 Å². The molecular weight excluding hydrogens is 251 g/mol. The summed E-state index contributed by atoms with van der Waals surface area (Å²) < 4.78 is 17.5. The van der Waals surface area contributed by atoms with Gasteiger partial charge >= 0.3 is 11.9 Å². The van der Waals surface area contributed by atoms with Crippen LogP contribution >= 0.6 is 11.6 Å². The van der Waals surface area contributed by atoms with E-state index in [1.807, 2.05) is 0 Å². The molecule has 6 heteroatoms. The molecule has 0 amide bonds. The van der Waals surface area contributed by atoms with Crippen LogP contribution in [0.5, 0.6) is 0 Å². The topological polar surface area (TPSA) is 63.6 Å². The van der Waals surface area contributed by atoms with Crippen LogP contribution in [0.3, 0.4) is 0 Å². The number of hydrogen-bond acceptors (Lipinski definition) is 3. The second-order valence-electron chi connectivity index (χ2n) is 3.33. The molecule has 17 heavy (non-hydrogen) atoms. The van der Waals surface area contributed by atoms with Crippen LogP contribution in [0.15, 0.2) is 18.2 Å². The maximum atomic E-state index is 13.1. The van der Waals surface area contributed by atoms with Gasteiger partial charge in [-0.2, -0.15) is 0 Å². The molecule has 1 atom stereocenters. The number of carbonyl (C=O) groups is 2. The summed E-state index contributed by atoms with van der Waals surface area (Å²) >= 11 is 5.67. The Morgan fingerprint density at radius 3 is 2.71 bits per heavy atom. The Morgan fingerprint density at radius 2 is 2.18 bits per heavy atom. The highest BCUT2D eigenvalue weighted by molar-refractivity contribution is 6.31. The van der Waals surface area contributed by atoms with Gasteiger partial charge < -0.3 is 9.84 Å². The Morgan fingerprint density at radius 1 is 1.53 bits per heavy atom. The predicted octanol–water partition coefficient (Wildman–Crippen LogP) is 1.90. The molecule has 0 spiro atoms. The van der Waals surface area contributed by atoms with E-state index in [2.05, 4.69) is 4.74 Å². The van der Waals surface area contributed by atoms with Crippen molar-refractivity contribution in [3.8, 4) is 0 Å². The molecule has 0 fully saturated rings. The Labute approximate surface area is 102 Å². The Kier molecular flexibility index (Phi) is 4.45. The third-order valence-electron chi connectivity index (χ3n) is 2.24. The van der Waals surface area contributed by atoms with E-state index in [1.54, 1.807) is 0 Å². The number of halogens is 2. The molecule has 92 valence electrons. The Hall–Kier alpha value is -1.62. The summed E-state index contributed by atoms with van der Waals surface area (Å²) in [7, 11) is 1.09. The highest BCUT2D eigenvalue weighted by Gasteiger charge is 2.28. The monoisotopic (exact) mass is 260 g/mol. The normalized spacial score (nSPS) is 11.9. The largest absolute Gasteiger partial charge is 0.481 e. The van der Waals surface area contributed by atoms with Crippen molar-refractivity contribution in [3.63, 3.8) is 0 Å². The standard InChI is InChI=1S/C11H10ClFO4/c1-17-11(16)7(10(14)15)5-6-3-2-4-8(13)9(6)12/h2-4,7H,5H2,1H3,(H,14,15). The Bertz CT molecular complexity index is 447. The van der Waals surface area contributed by atoms with Gasteiger partial charge in [0.25, 0.3) is 0 Å². The fourth-order valence-electron chi connectivity index (χ4n) is 1.34. The summed E-state index contributed by atoms with van der Waals surface area (Å²) in [6, 6.07) is 4.01. The lowest BCUT2D eigenvalue weighted by Gasteiger charge is -2.11. The van der Waals surface area contributed by atoms with E-state index in [9.17, 15) is 14.0 Å². The molecule has 0 aromatic heterocycles. The average molecular weight is 261 g/mol. The average Bonchev–Trinajstić information content (AvgIpc) is 2.29. The quantitative estimate of drug-likeness (QED) is 0.663. The minimum Gasteiger partial charge on any atom is -0.481 e. The second-order valence-corrected chi connectivity index (χ2v) is 3.71. The summed E-state index contributed by atoms with van der Waals surface area (Å²) in [6.07, 6.45) is -0.210. The van der Waals surface area contributed by atoms with Gasteiger partial charge in [-0.3, -0.25) is 9.59 Å². The van der Waals surface area contributed by atoms with Crippen molar-refractivity contribution in [2.45, 2.75) is 6.42 Å². The molecule has 1 rings (SSSR count). The molecule has 1 N–H and O–H groups in total. The fraction of sp³-hybridized carbons (Fsp3) is 0.273. The first kappa shape index (κ1) is 13.4. The third-order valence-corrected chi connectivity index (χ3v) is 2.66. The molecule has 0 saturated heterocycles. The van der Waals surface area contributed by atoms with Gasteiger partial charge in [0.15, 0.2) is 5.92 Å². The number of esters is 1. The van der Waals surface area contributed by atoms with Crippen LogP contribution in [-0.2, 0) is 20.7 Å². The molecule has 0 saturated carbocycles. The number of methoxy groups -OCH3 is 1. The smallest absolute Gasteiger partial charge is 0.320 e. The van der Waals surface area contributed by atoms with Gasteiger partial charge in [0.2, 0.25) is 0 Å². The van der Waals surface area contributed by atoms with E-state index in [-0.39, 0.29) is 17.0 Å². The van der Waals surface area contributed by atoms with Gasteiger partial charge in [-0.1, -0.05) is 23.7 Å². The summed E-state index contributed by atoms with van der Waals surface area (Å²) in [5.41, 5.74) is 0.254. The first-order valence-corrected chi connectivity index (χ1v) is 5.08. The highest BCUT2D eigenvalue weighted by atomic mass is 35.5. The van der Waals surface area contributed by atoms with Crippen molar-refractivity contribution in [1.29, 1.82) is 0 Å². The number of aliphatic carboxylic acids is 1. The van der Waals surface area contributed by atoms with Crippen LogP contribution in [0, 0.1) is 11.7 Å².